The third-order valence-electron chi connectivity index (χ3n) is 3.10. The Hall–Kier alpha value is -0.730. The predicted molar refractivity (Wildman–Crippen MR) is 46.0 cm³/mol. The zero-order valence-electron chi connectivity index (χ0n) is 8.48. The SMILES string of the molecule is CC(=O)OC1[C@H]2OC3OC([C@@H](O)[C@H]1O3)[C@@H]2O. The molecule has 7 heteroatoms. The minimum atomic E-state index is -1.02. The summed E-state index contributed by atoms with van der Waals surface area (Å²) in [7, 11) is 0. The maximum Gasteiger partial charge on any atom is 0.303 e. The van der Waals surface area contributed by atoms with Gasteiger partial charge in [0.05, 0.1) is 0 Å². The Bertz CT molecular complexity index is 299. The van der Waals surface area contributed by atoms with E-state index >= 15 is 0 Å². The van der Waals surface area contributed by atoms with Crippen molar-refractivity contribution in [2.45, 2.75) is 50.0 Å². The second kappa shape index (κ2) is 3.38. The molecule has 0 aromatic rings. The van der Waals surface area contributed by atoms with Crippen molar-refractivity contribution in [1.82, 2.24) is 0 Å². The monoisotopic (exact) mass is 232 g/mol. The van der Waals surface area contributed by atoms with Crippen LogP contribution >= 0.6 is 0 Å². The quantitative estimate of drug-likeness (QED) is 0.511. The number of rotatable bonds is 1. The molecule has 3 aliphatic heterocycles. The normalized spacial score (nSPS) is 54.1. The Morgan fingerprint density at radius 2 is 1.56 bits per heavy atom. The summed E-state index contributed by atoms with van der Waals surface area (Å²) in [4.78, 5) is 10.9. The zero-order chi connectivity index (χ0) is 11.4. The Balaban J connectivity index is 1.88. The summed E-state index contributed by atoms with van der Waals surface area (Å²) in [5, 5.41) is 19.6. The molecule has 7 atom stereocenters. The smallest absolute Gasteiger partial charge is 0.303 e. The fourth-order valence-electron chi connectivity index (χ4n) is 2.44. The first-order valence-corrected chi connectivity index (χ1v) is 5.07. The first kappa shape index (κ1) is 10.4. The number of carbonyl (C=O) groups excluding carboxylic acids is 1. The first-order chi connectivity index (χ1) is 7.58. The molecule has 4 aliphatic rings. The average molecular weight is 232 g/mol. The summed E-state index contributed by atoms with van der Waals surface area (Å²) in [6, 6.07) is 0. The largest absolute Gasteiger partial charge is 0.457 e. The van der Waals surface area contributed by atoms with Crippen LogP contribution in [-0.4, -0.2) is 59.3 Å². The molecule has 90 valence electrons. The fourth-order valence-corrected chi connectivity index (χ4v) is 2.44. The van der Waals surface area contributed by atoms with Gasteiger partial charge in [-0.1, -0.05) is 0 Å². The van der Waals surface area contributed by atoms with Crippen molar-refractivity contribution < 1.29 is 34.0 Å². The molecule has 4 bridgehead atoms. The molecule has 0 radical (unpaired) electrons. The number of hydrogen-bond donors (Lipinski definition) is 2. The molecule has 1 aliphatic carbocycles. The molecule has 7 nitrogen and oxygen atoms in total. The van der Waals surface area contributed by atoms with Crippen LogP contribution < -0.4 is 0 Å². The zero-order valence-corrected chi connectivity index (χ0v) is 8.48. The molecular weight excluding hydrogens is 220 g/mol. The highest BCUT2D eigenvalue weighted by molar-refractivity contribution is 5.66. The van der Waals surface area contributed by atoms with Crippen molar-refractivity contribution in [2.24, 2.45) is 0 Å². The highest BCUT2D eigenvalue weighted by Crippen LogP contribution is 2.40. The highest BCUT2D eigenvalue weighted by atomic mass is 16.9. The summed E-state index contributed by atoms with van der Waals surface area (Å²) < 4.78 is 20.5. The maximum absolute atomic E-state index is 10.9. The lowest BCUT2D eigenvalue weighted by atomic mass is 9.82. The van der Waals surface area contributed by atoms with Crippen LogP contribution in [-0.2, 0) is 23.7 Å². The molecule has 16 heavy (non-hydrogen) atoms. The number of hydrogen-bond acceptors (Lipinski definition) is 7. The fraction of sp³-hybridized carbons (Fsp3) is 0.889. The standard InChI is InChI=1S/C9H12O7/c1-2(10)13-8-6-3(11)5-4(12)7(8)16-9(14-5)15-6/h3-9,11-12H,1H3/t3-,4+,5?,6-,7+,8?,9?. The first-order valence-electron chi connectivity index (χ1n) is 5.07. The van der Waals surface area contributed by atoms with Crippen molar-refractivity contribution in [3.63, 3.8) is 0 Å². The van der Waals surface area contributed by atoms with E-state index in [2.05, 4.69) is 0 Å². The second-order valence-electron chi connectivity index (χ2n) is 4.15. The van der Waals surface area contributed by atoms with Gasteiger partial charge in [-0.25, -0.2) is 0 Å². The lowest BCUT2D eigenvalue weighted by Crippen LogP contribution is -2.75. The summed E-state index contributed by atoms with van der Waals surface area (Å²) in [5.41, 5.74) is 0. The molecule has 3 heterocycles. The molecule has 0 amide bonds. The Morgan fingerprint density at radius 3 is 2.06 bits per heavy atom. The van der Waals surface area contributed by atoms with Gasteiger partial charge in [-0.3, -0.25) is 4.79 Å². The number of aliphatic hydroxyl groups is 2. The second-order valence-corrected chi connectivity index (χ2v) is 4.15. The van der Waals surface area contributed by atoms with Crippen molar-refractivity contribution >= 4 is 5.97 Å². The highest BCUT2D eigenvalue weighted by Gasteiger charge is 2.62. The van der Waals surface area contributed by atoms with Gasteiger partial charge in [-0.2, -0.15) is 0 Å². The minimum absolute atomic E-state index is 0.509. The molecule has 0 spiro atoms. The van der Waals surface area contributed by atoms with Crippen LogP contribution in [0.3, 0.4) is 0 Å². The summed E-state index contributed by atoms with van der Waals surface area (Å²) in [5.74, 6) is -0.509. The molecule has 3 saturated heterocycles. The van der Waals surface area contributed by atoms with E-state index in [1.165, 1.54) is 6.92 Å². The molecule has 0 aromatic carbocycles. The van der Waals surface area contributed by atoms with Crippen molar-refractivity contribution in [2.75, 3.05) is 0 Å². The van der Waals surface area contributed by atoms with E-state index in [9.17, 15) is 15.0 Å². The van der Waals surface area contributed by atoms with Crippen LogP contribution in [0.25, 0.3) is 0 Å². The molecule has 2 N–H and O–H groups in total. The van der Waals surface area contributed by atoms with Crippen LogP contribution in [0.15, 0.2) is 0 Å². The lowest BCUT2D eigenvalue weighted by Gasteiger charge is -2.56. The molecule has 3 unspecified atom stereocenters. The van der Waals surface area contributed by atoms with Crippen LogP contribution in [0.5, 0.6) is 0 Å². The van der Waals surface area contributed by atoms with Gasteiger partial charge in [0.15, 0.2) is 6.10 Å². The van der Waals surface area contributed by atoms with Crippen LogP contribution in [0.1, 0.15) is 6.92 Å². The Kier molecular flexibility index (Phi) is 2.20. The van der Waals surface area contributed by atoms with Gasteiger partial charge >= 0.3 is 5.97 Å². The van der Waals surface area contributed by atoms with Gasteiger partial charge in [0.25, 0.3) is 6.48 Å². The van der Waals surface area contributed by atoms with Gasteiger partial charge in [0.1, 0.15) is 30.5 Å². The Morgan fingerprint density at radius 1 is 1.06 bits per heavy atom. The molecular formula is C9H12O7. The van der Waals surface area contributed by atoms with E-state index in [0.717, 1.165) is 0 Å². The topological polar surface area (TPSA) is 94.5 Å². The average Bonchev–Trinajstić information content (AvgIpc) is 2.23. The van der Waals surface area contributed by atoms with E-state index in [-0.39, 0.29) is 0 Å². The lowest BCUT2D eigenvalue weighted by molar-refractivity contribution is -0.480. The van der Waals surface area contributed by atoms with Gasteiger partial charge in [-0.15, -0.1) is 0 Å². The van der Waals surface area contributed by atoms with Crippen LogP contribution in [0, 0.1) is 0 Å². The van der Waals surface area contributed by atoms with Gasteiger partial charge < -0.3 is 29.2 Å². The number of ether oxygens (including phenoxy) is 4. The Labute approximate surface area is 90.8 Å². The molecule has 4 rings (SSSR count). The summed E-state index contributed by atoms with van der Waals surface area (Å²) >= 11 is 0. The van der Waals surface area contributed by atoms with E-state index in [0.29, 0.717) is 0 Å². The van der Waals surface area contributed by atoms with Crippen molar-refractivity contribution in [1.29, 1.82) is 0 Å². The van der Waals surface area contributed by atoms with E-state index < -0.39 is 49.1 Å². The molecule has 1 saturated carbocycles. The predicted octanol–water partition coefficient (Wildman–Crippen LogP) is -1.88. The number of aliphatic hydroxyl groups excluding tert-OH is 2. The van der Waals surface area contributed by atoms with Crippen molar-refractivity contribution in [3.05, 3.63) is 0 Å². The van der Waals surface area contributed by atoms with Crippen molar-refractivity contribution in [3.8, 4) is 0 Å². The third-order valence-corrected chi connectivity index (χ3v) is 3.10. The number of esters is 1. The van der Waals surface area contributed by atoms with Gasteiger partial charge in [0.2, 0.25) is 0 Å². The van der Waals surface area contributed by atoms with Gasteiger partial charge in [0, 0.05) is 6.92 Å². The van der Waals surface area contributed by atoms with Crippen LogP contribution in [0.2, 0.25) is 0 Å². The molecule has 4 fully saturated rings. The minimum Gasteiger partial charge on any atom is -0.457 e. The van der Waals surface area contributed by atoms with Gasteiger partial charge in [-0.05, 0) is 0 Å². The van der Waals surface area contributed by atoms with E-state index in [1.54, 1.807) is 0 Å². The number of carbonyl (C=O) groups is 1. The van der Waals surface area contributed by atoms with E-state index in [4.69, 9.17) is 18.9 Å². The summed E-state index contributed by atoms with van der Waals surface area (Å²) in [6.45, 7) is 0.360. The van der Waals surface area contributed by atoms with Crippen LogP contribution in [0.4, 0.5) is 0 Å². The summed E-state index contributed by atoms with van der Waals surface area (Å²) in [6.07, 6.45) is -4.97. The van der Waals surface area contributed by atoms with E-state index in [1.807, 2.05) is 0 Å². The third kappa shape index (κ3) is 1.30. The maximum atomic E-state index is 10.9. The molecule has 0 aromatic heterocycles.